The highest BCUT2D eigenvalue weighted by Gasteiger charge is 2.52. The molecule has 0 aliphatic heterocycles. The summed E-state index contributed by atoms with van der Waals surface area (Å²) in [7, 11) is 0. The van der Waals surface area contributed by atoms with Gasteiger partial charge in [0.15, 0.2) is 0 Å². The van der Waals surface area contributed by atoms with Crippen molar-refractivity contribution in [2.24, 2.45) is 0 Å². The molecular formula is C32H20N2O6. The summed E-state index contributed by atoms with van der Waals surface area (Å²) in [6, 6.07) is 17.9. The van der Waals surface area contributed by atoms with Crippen LogP contribution in [0.1, 0.15) is 81.0 Å². The highest BCUT2D eigenvalue weighted by atomic mass is 16.6. The molecule has 0 heterocycles. The molecule has 4 aliphatic rings. The third kappa shape index (κ3) is 2.47. The van der Waals surface area contributed by atoms with Crippen LogP contribution in [0.25, 0.3) is 21.5 Å². The van der Waals surface area contributed by atoms with E-state index in [2.05, 4.69) is 12.1 Å². The molecule has 0 aromatic heterocycles. The number of benzene rings is 5. The molecule has 0 fully saturated rings. The maximum absolute atomic E-state index is 11.8. The number of rotatable bonds is 2. The Morgan fingerprint density at radius 3 is 1.18 bits per heavy atom. The Morgan fingerprint density at radius 1 is 0.525 bits per heavy atom. The van der Waals surface area contributed by atoms with E-state index in [-0.39, 0.29) is 46.5 Å². The van der Waals surface area contributed by atoms with E-state index in [1.165, 1.54) is 12.1 Å². The normalized spacial score (nSPS) is 22.4. The van der Waals surface area contributed by atoms with Crippen molar-refractivity contribution in [1.82, 2.24) is 0 Å². The van der Waals surface area contributed by atoms with Gasteiger partial charge in [-0.3, -0.25) is 20.2 Å². The van der Waals surface area contributed by atoms with Gasteiger partial charge in [0.25, 0.3) is 11.4 Å². The highest BCUT2D eigenvalue weighted by molar-refractivity contribution is 5.90. The van der Waals surface area contributed by atoms with Gasteiger partial charge in [-0.05, 0) is 80.9 Å². The number of nitrogens with zero attached hydrogens (tertiary/aromatic N) is 2. The largest absolute Gasteiger partial charge is 0.507 e. The molecule has 194 valence electrons. The summed E-state index contributed by atoms with van der Waals surface area (Å²) < 4.78 is 0. The first kappa shape index (κ1) is 21.9. The predicted octanol–water partition coefficient (Wildman–Crippen LogP) is 7.18. The first-order valence-corrected chi connectivity index (χ1v) is 13.4. The van der Waals surface area contributed by atoms with Gasteiger partial charge in [-0.2, -0.15) is 0 Å². The van der Waals surface area contributed by atoms with E-state index in [1.54, 1.807) is 24.3 Å². The fraction of sp³-hybridized carbons (Fsp3) is 0.188. The van der Waals surface area contributed by atoms with Crippen molar-refractivity contribution in [3.05, 3.63) is 125 Å². The number of fused-ring (bicyclic) bond motifs is 18. The van der Waals surface area contributed by atoms with Crippen molar-refractivity contribution in [2.45, 2.75) is 36.5 Å². The molecule has 9 rings (SSSR count). The quantitative estimate of drug-likeness (QED) is 0.142. The molecule has 40 heavy (non-hydrogen) atoms. The summed E-state index contributed by atoms with van der Waals surface area (Å²) in [4.78, 5) is 21.9. The minimum absolute atomic E-state index is 0.0402. The van der Waals surface area contributed by atoms with E-state index < -0.39 is 9.85 Å². The standard InChI is InChI=1S/C32H20N2O6/c35-31-27-23-11-25(21-9-15-5-17(33(37)38)3-1-13(15)7-19(21)23)29(27)32(36)30-26-12-24(28(30)31)20-8-14-2-4-18(34(39)40)6-16(14)10-22(20)26/h1-10,23-26,35-36H,11-12H2/t23-,24+,25+,26-. The molecule has 8 nitrogen and oxygen atoms in total. The molecule has 0 spiro atoms. The van der Waals surface area contributed by atoms with Crippen molar-refractivity contribution in [2.75, 3.05) is 0 Å². The Balaban J connectivity index is 1.22. The van der Waals surface area contributed by atoms with Crippen LogP contribution in [-0.4, -0.2) is 20.1 Å². The zero-order chi connectivity index (χ0) is 27.2. The summed E-state index contributed by atoms with van der Waals surface area (Å²) in [6.45, 7) is 0. The second-order valence-corrected chi connectivity index (χ2v) is 11.6. The zero-order valence-electron chi connectivity index (χ0n) is 20.9. The monoisotopic (exact) mass is 528 g/mol. The lowest BCUT2D eigenvalue weighted by atomic mass is 9.77. The third-order valence-corrected chi connectivity index (χ3v) is 9.91. The van der Waals surface area contributed by atoms with Crippen molar-refractivity contribution in [1.29, 1.82) is 0 Å². The third-order valence-electron chi connectivity index (χ3n) is 9.91. The first-order chi connectivity index (χ1) is 19.3. The number of hydrogen-bond donors (Lipinski definition) is 2. The molecule has 4 atom stereocenters. The second kappa shape index (κ2) is 6.96. The molecule has 2 N–H and O–H groups in total. The van der Waals surface area contributed by atoms with Gasteiger partial charge in [0, 0.05) is 70.2 Å². The van der Waals surface area contributed by atoms with Crippen LogP contribution in [0, 0.1) is 20.2 Å². The molecule has 8 heteroatoms. The number of nitro benzene ring substituents is 2. The molecule has 0 saturated heterocycles. The second-order valence-electron chi connectivity index (χ2n) is 11.6. The maximum Gasteiger partial charge on any atom is 0.270 e. The van der Waals surface area contributed by atoms with Crippen molar-refractivity contribution >= 4 is 32.9 Å². The Labute approximate surface area is 226 Å². The average molecular weight is 529 g/mol. The van der Waals surface area contributed by atoms with Gasteiger partial charge in [-0.15, -0.1) is 0 Å². The topological polar surface area (TPSA) is 127 Å². The lowest BCUT2D eigenvalue weighted by molar-refractivity contribution is -0.384. The molecule has 5 aromatic rings. The molecule has 4 aliphatic carbocycles. The van der Waals surface area contributed by atoms with E-state index in [9.17, 15) is 30.4 Å². The number of nitro groups is 2. The maximum atomic E-state index is 11.8. The van der Waals surface area contributed by atoms with Crippen LogP contribution in [0.3, 0.4) is 0 Å². The lowest BCUT2D eigenvalue weighted by Gasteiger charge is -2.28. The minimum Gasteiger partial charge on any atom is -0.507 e. The van der Waals surface area contributed by atoms with Crippen LogP contribution < -0.4 is 0 Å². The summed E-state index contributed by atoms with van der Waals surface area (Å²) in [5, 5.41) is 49.7. The van der Waals surface area contributed by atoms with Crippen LogP contribution in [0.15, 0.2) is 60.7 Å². The SMILES string of the molecule is O=[N+]([O-])c1ccc2cc3c(cc2c1)[C@H]1C[C@@H]3c2c(O)c3c(c(O)c21)[C@H]1C[C@@H]3c2cc3ccc([N+](=O)[O-])cc3cc21. The van der Waals surface area contributed by atoms with Crippen molar-refractivity contribution in [3.63, 3.8) is 0 Å². The Morgan fingerprint density at radius 2 is 0.850 bits per heavy atom. The number of non-ortho nitro benzene ring substituents is 2. The average Bonchev–Trinajstić information content (AvgIpc) is 3.71. The van der Waals surface area contributed by atoms with E-state index >= 15 is 0 Å². The Hall–Kier alpha value is -4.98. The summed E-state index contributed by atoms with van der Waals surface area (Å²) in [6.07, 6.45) is 1.51. The molecular weight excluding hydrogens is 508 g/mol. The zero-order valence-corrected chi connectivity index (χ0v) is 20.9. The highest BCUT2D eigenvalue weighted by Crippen LogP contribution is 2.69. The minimum atomic E-state index is -0.393. The fourth-order valence-electron chi connectivity index (χ4n) is 8.36. The first-order valence-electron chi connectivity index (χ1n) is 13.4. The molecule has 0 radical (unpaired) electrons. The smallest absolute Gasteiger partial charge is 0.270 e. The van der Waals surface area contributed by atoms with Gasteiger partial charge >= 0.3 is 0 Å². The van der Waals surface area contributed by atoms with Gasteiger partial charge in [-0.1, -0.05) is 12.1 Å². The van der Waals surface area contributed by atoms with Gasteiger partial charge in [-0.25, -0.2) is 0 Å². The molecule has 5 aromatic carbocycles. The van der Waals surface area contributed by atoms with Crippen molar-refractivity contribution in [3.8, 4) is 11.5 Å². The fourth-order valence-corrected chi connectivity index (χ4v) is 8.36. The summed E-state index contributed by atoms with van der Waals surface area (Å²) >= 11 is 0. The molecule has 4 bridgehead atoms. The lowest BCUT2D eigenvalue weighted by Crippen LogP contribution is -2.11. The van der Waals surface area contributed by atoms with Crippen LogP contribution in [0.4, 0.5) is 11.4 Å². The van der Waals surface area contributed by atoms with Crippen LogP contribution in [0.5, 0.6) is 11.5 Å². The summed E-state index contributed by atoms with van der Waals surface area (Å²) in [5.41, 5.74) is 7.64. The van der Waals surface area contributed by atoms with E-state index in [4.69, 9.17) is 0 Å². The van der Waals surface area contributed by atoms with Crippen LogP contribution >= 0.6 is 0 Å². The summed E-state index contributed by atoms with van der Waals surface area (Å²) in [5.74, 6) is 0.271. The Bertz CT molecular complexity index is 1940. The van der Waals surface area contributed by atoms with Crippen LogP contribution in [-0.2, 0) is 0 Å². The van der Waals surface area contributed by atoms with E-state index in [1.807, 2.05) is 12.1 Å². The Kier molecular flexibility index (Phi) is 3.81. The molecule has 0 saturated carbocycles. The van der Waals surface area contributed by atoms with Gasteiger partial charge < -0.3 is 10.2 Å². The van der Waals surface area contributed by atoms with Gasteiger partial charge in [0.1, 0.15) is 11.5 Å². The number of aromatic hydroxyl groups is 2. The van der Waals surface area contributed by atoms with E-state index in [0.717, 1.165) is 78.9 Å². The predicted molar refractivity (Wildman–Crippen MR) is 148 cm³/mol. The van der Waals surface area contributed by atoms with Crippen LogP contribution in [0.2, 0.25) is 0 Å². The number of hydrogen-bond acceptors (Lipinski definition) is 6. The molecule has 0 amide bonds. The van der Waals surface area contributed by atoms with Gasteiger partial charge in [0.05, 0.1) is 9.85 Å². The number of phenols is 2. The van der Waals surface area contributed by atoms with E-state index in [0.29, 0.717) is 0 Å². The van der Waals surface area contributed by atoms with Crippen molar-refractivity contribution < 1.29 is 20.1 Å². The molecule has 0 unspecified atom stereocenters. The number of phenolic OH excluding ortho intramolecular Hbond substituents is 2. The van der Waals surface area contributed by atoms with Gasteiger partial charge in [0.2, 0.25) is 0 Å².